The summed E-state index contributed by atoms with van der Waals surface area (Å²) in [5.41, 5.74) is 8.45. The first kappa shape index (κ1) is 26.1. The topological polar surface area (TPSA) is 77.6 Å². The van der Waals surface area contributed by atoms with Gasteiger partial charge in [-0.05, 0) is 104 Å². The molecule has 0 spiro atoms. The number of hydrogen-bond acceptors (Lipinski definition) is 7. The lowest BCUT2D eigenvalue weighted by molar-refractivity contribution is 0.415. The average molecular weight is 517 g/mol. The van der Waals surface area contributed by atoms with E-state index in [1.54, 1.807) is 0 Å². The third-order valence-electron chi connectivity index (χ3n) is 6.57. The summed E-state index contributed by atoms with van der Waals surface area (Å²) in [6.07, 6.45) is 2.13. The van der Waals surface area contributed by atoms with Crippen LogP contribution in [0.5, 0.6) is 0 Å². The molecule has 0 N–H and O–H groups in total. The van der Waals surface area contributed by atoms with E-state index in [1.165, 1.54) is 11.3 Å². The van der Waals surface area contributed by atoms with Crippen molar-refractivity contribution >= 4 is 40.3 Å². The number of aryl methyl sites for hydroxylation is 1. The Hall–Kier alpha value is -4.49. The Kier molecular flexibility index (Phi) is 8.29. The molecule has 7 nitrogen and oxygen atoms in total. The Morgan fingerprint density at radius 3 is 1.90 bits per heavy atom. The number of rotatable bonds is 10. The van der Waals surface area contributed by atoms with Crippen molar-refractivity contribution in [3.8, 4) is 0 Å². The van der Waals surface area contributed by atoms with Gasteiger partial charge in [0, 0.05) is 25.0 Å². The fourth-order valence-electron chi connectivity index (χ4n) is 4.15. The van der Waals surface area contributed by atoms with Gasteiger partial charge in [-0.2, -0.15) is 20.5 Å². The number of aliphatic imine (C=N–C) groups is 1. The highest BCUT2D eigenvalue weighted by atomic mass is 16.6. The fourth-order valence-corrected chi connectivity index (χ4v) is 4.15. The van der Waals surface area contributed by atoms with Crippen LogP contribution >= 0.6 is 0 Å². The Balaban J connectivity index is 1.17. The van der Waals surface area contributed by atoms with E-state index in [2.05, 4.69) is 80.6 Å². The molecule has 1 unspecified atom stereocenters. The number of ether oxygens (including phenoxy) is 1. The van der Waals surface area contributed by atoms with Crippen LogP contribution in [0.3, 0.4) is 0 Å². The molecule has 0 aliphatic carbocycles. The zero-order valence-corrected chi connectivity index (χ0v) is 22.5. The predicted octanol–water partition coefficient (Wildman–Crippen LogP) is 9.49. The van der Waals surface area contributed by atoms with Crippen LogP contribution in [0.25, 0.3) is 0 Å². The van der Waals surface area contributed by atoms with Crippen LogP contribution in [0.4, 0.5) is 34.1 Å². The highest BCUT2D eigenvalue weighted by Gasteiger charge is 2.24. The molecule has 7 heteroatoms. The number of azo groups is 2. The van der Waals surface area contributed by atoms with Crippen LogP contribution in [-0.4, -0.2) is 25.9 Å². The quantitative estimate of drug-likeness (QED) is 0.119. The first-order chi connectivity index (χ1) is 19.1. The van der Waals surface area contributed by atoms with E-state index in [-0.39, 0.29) is 6.10 Å². The zero-order chi connectivity index (χ0) is 27.0. The van der Waals surface area contributed by atoms with Crippen LogP contribution in [0.15, 0.2) is 116 Å². The third kappa shape index (κ3) is 7.09. The summed E-state index contributed by atoms with van der Waals surface area (Å²) < 4.78 is 5.31. The number of benzene rings is 4. The summed E-state index contributed by atoms with van der Waals surface area (Å²) in [5, 5.41) is 17.6. The van der Waals surface area contributed by atoms with Crippen molar-refractivity contribution in [1.29, 1.82) is 0 Å². The maximum Gasteiger partial charge on any atom is 0.106 e. The number of hydrogen-bond donors (Lipinski definition) is 0. The van der Waals surface area contributed by atoms with Gasteiger partial charge in [-0.1, -0.05) is 24.3 Å². The number of epoxide rings is 1. The van der Waals surface area contributed by atoms with Crippen molar-refractivity contribution < 1.29 is 4.74 Å². The van der Waals surface area contributed by atoms with Crippen molar-refractivity contribution in [2.45, 2.75) is 26.9 Å². The van der Waals surface area contributed by atoms with Gasteiger partial charge in [-0.15, -0.1) is 0 Å². The summed E-state index contributed by atoms with van der Waals surface area (Å²) in [6, 6.07) is 29.9. The van der Waals surface area contributed by atoms with Crippen LogP contribution < -0.4 is 4.90 Å². The van der Waals surface area contributed by atoms with Crippen molar-refractivity contribution in [1.82, 2.24) is 0 Å². The molecule has 1 heterocycles. The van der Waals surface area contributed by atoms with Gasteiger partial charge in [0.1, 0.15) is 6.10 Å². The summed E-state index contributed by atoms with van der Waals surface area (Å²) in [5.74, 6) is 0. The zero-order valence-electron chi connectivity index (χ0n) is 22.5. The van der Waals surface area contributed by atoms with Crippen LogP contribution in [0, 0.1) is 6.92 Å². The van der Waals surface area contributed by atoms with Gasteiger partial charge in [0.2, 0.25) is 0 Å². The standard InChI is InChI=1S/C32H32N6O/c1-4-38(5-2)30-17-14-28(15-18-30)34-36-29-16-19-31(23(3)20-29)37-35-27-12-10-26(11-13-27)33-21-24-6-8-25(9-7-24)32-22-39-32/h6-21,32H,4-5,22H2,1-3H3. The molecule has 1 fully saturated rings. The second-order valence-electron chi connectivity index (χ2n) is 9.32. The van der Waals surface area contributed by atoms with Crippen molar-refractivity contribution in [2.75, 3.05) is 24.6 Å². The lowest BCUT2D eigenvalue weighted by Crippen LogP contribution is -2.21. The molecule has 0 amide bonds. The van der Waals surface area contributed by atoms with Crippen molar-refractivity contribution in [3.05, 3.63) is 108 Å². The van der Waals surface area contributed by atoms with Gasteiger partial charge in [0.05, 0.1) is 35.0 Å². The van der Waals surface area contributed by atoms with Crippen molar-refractivity contribution in [2.24, 2.45) is 25.4 Å². The van der Waals surface area contributed by atoms with E-state index >= 15 is 0 Å². The van der Waals surface area contributed by atoms with Gasteiger partial charge < -0.3 is 9.64 Å². The molecule has 4 aromatic rings. The molecule has 39 heavy (non-hydrogen) atoms. The summed E-state index contributed by atoms with van der Waals surface area (Å²) in [7, 11) is 0. The smallest absolute Gasteiger partial charge is 0.106 e. The Morgan fingerprint density at radius 1 is 0.718 bits per heavy atom. The fraction of sp³-hybridized carbons (Fsp3) is 0.219. The highest BCUT2D eigenvalue weighted by molar-refractivity contribution is 5.82. The molecular weight excluding hydrogens is 484 g/mol. The maximum atomic E-state index is 5.31. The highest BCUT2D eigenvalue weighted by Crippen LogP contribution is 2.30. The normalized spacial score (nSPS) is 15.0. The van der Waals surface area contributed by atoms with Gasteiger partial charge in [-0.25, -0.2) is 0 Å². The van der Waals surface area contributed by atoms with Crippen LogP contribution in [0.1, 0.15) is 36.6 Å². The van der Waals surface area contributed by atoms with Crippen LogP contribution in [-0.2, 0) is 4.74 Å². The average Bonchev–Trinajstić information content (AvgIpc) is 3.82. The van der Waals surface area contributed by atoms with Gasteiger partial charge >= 0.3 is 0 Å². The molecule has 196 valence electrons. The second kappa shape index (κ2) is 12.4. The minimum atomic E-state index is 0.274. The first-order valence-corrected chi connectivity index (χ1v) is 13.3. The largest absolute Gasteiger partial charge is 0.372 e. The van der Waals surface area contributed by atoms with Gasteiger partial charge in [0.25, 0.3) is 0 Å². The molecule has 0 saturated carbocycles. The van der Waals surface area contributed by atoms with E-state index in [0.717, 1.165) is 59.3 Å². The van der Waals surface area contributed by atoms with E-state index < -0.39 is 0 Å². The predicted molar refractivity (Wildman–Crippen MR) is 158 cm³/mol. The van der Waals surface area contributed by atoms with E-state index in [0.29, 0.717) is 0 Å². The maximum absolute atomic E-state index is 5.31. The Labute approximate surface area is 229 Å². The second-order valence-corrected chi connectivity index (χ2v) is 9.32. The van der Waals surface area contributed by atoms with E-state index in [4.69, 9.17) is 4.74 Å². The molecule has 1 saturated heterocycles. The van der Waals surface area contributed by atoms with E-state index in [9.17, 15) is 0 Å². The lowest BCUT2D eigenvalue weighted by atomic mass is 10.1. The van der Waals surface area contributed by atoms with Crippen LogP contribution in [0.2, 0.25) is 0 Å². The summed E-state index contributed by atoms with van der Waals surface area (Å²) in [4.78, 5) is 6.86. The SMILES string of the molecule is CCN(CC)c1ccc(N=Nc2ccc(N=Nc3ccc(N=Cc4ccc(C5CO5)cc4)cc3)c(C)c2)cc1. The van der Waals surface area contributed by atoms with Crippen molar-refractivity contribution in [3.63, 3.8) is 0 Å². The molecule has 0 radical (unpaired) electrons. The first-order valence-electron chi connectivity index (χ1n) is 13.3. The molecule has 1 aliphatic rings. The minimum Gasteiger partial charge on any atom is -0.372 e. The molecule has 1 atom stereocenters. The summed E-state index contributed by atoms with van der Waals surface area (Å²) >= 11 is 0. The summed E-state index contributed by atoms with van der Waals surface area (Å²) in [6.45, 7) is 9.08. The number of anilines is 1. The molecule has 5 rings (SSSR count). The molecule has 0 aromatic heterocycles. The lowest BCUT2D eigenvalue weighted by Gasteiger charge is -2.20. The Bertz CT molecular complexity index is 1470. The molecule has 0 bridgehead atoms. The molecule has 4 aromatic carbocycles. The van der Waals surface area contributed by atoms with E-state index in [1.807, 2.05) is 67.7 Å². The van der Waals surface area contributed by atoms with Gasteiger partial charge in [0.15, 0.2) is 0 Å². The molecule has 1 aliphatic heterocycles. The third-order valence-corrected chi connectivity index (χ3v) is 6.57. The monoisotopic (exact) mass is 516 g/mol. The minimum absolute atomic E-state index is 0.274. The van der Waals surface area contributed by atoms with Gasteiger partial charge in [-0.3, -0.25) is 4.99 Å². The Morgan fingerprint density at radius 2 is 1.28 bits per heavy atom. The number of nitrogens with zero attached hydrogens (tertiary/aromatic N) is 6. The molecular formula is C32H32N6O.